The Morgan fingerprint density at radius 2 is 1.79 bits per heavy atom. The maximum absolute atomic E-state index is 5.58. The van der Waals surface area contributed by atoms with Gasteiger partial charge in [-0.05, 0) is 29.8 Å². The molecule has 0 aliphatic rings. The Bertz CT molecular complexity index is 735. The molecule has 3 heteroatoms. The standard InChI is InChI=1S/C16H15N3/c1-11-2-3-13-9-14(5-4-12(13)8-11)15-6-7-18-16(10-17)19-15/h2-9H,10,17H2,1H3. The molecule has 0 aliphatic carbocycles. The van der Waals surface area contributed by atoms with Gasteiger partial charge in [0.25, 0.3) is 0 Å². The van der Waals surface area contributed by atoms with Crippen LogP contribution in [0.5, 0.6) is 0 Å². The van der Waals surface area contributed by atoms with Gasteiger partial charge in [-0.25, -0.2) is 9.97 Å². The summed E-state index contributed by atoms with van der Waals surface area (Å²) in [5, 5.41) is 2.47. The fraction of sp³-hybridized carbons (Fsp3) is 0.125. The highest BCUT2D eigenvalue weighted by atomic mass is 14.9. The molecule has 2 aromatic carbocycles. The predicted octanol–water partition coefficient (Wildman–Crippen LogP) is 3.06. The first-order valence-corrected chi connectivity index (χ1v) is 6.29. The number of rotatable bonds is 2. The first kappa shape index (κ1) is 11.8. The molecule has 3 rings (SSSR count). The molecule has 0 spiro atoms. The number of hydrogen-bond donors (Lipinski definition) is 1. The lowest BCUT2D eigenvalue weighted by Gasteiger charge is -2.05. The third-order valence-corrected chi connectivity index (χ3v) is 3.18. The number of fused-ring (bicyclic) bond motifs is 1. The highest BCUT2D eigenvalue weighted by molar-refractivity contribution is 5.87. The molecule has 0 bridgehead atoms. The van der Waals surface area contributed by atoms with Crippen LogP contribution in [-0.4, -0.2) is 9.97 Å². The quantitative estimate of drug-likeness (QED) is 0.759. The molecule has 1 aromatic heterocycles. The van der Waals surface area contributed by atoms with Crippen molar-refractivity contribution in [2.24, 2.45) is 5.73 Å². The van der Waals surface area contributed by atoms with Crippen molar-refractivity contribution in [3.05, 3.63) is 60.0 Å². The summed E-state index contributed by atoms with van der Waals surface area (Å²) in [5.41, 5.74) is 8.86. The van der Waals surface area contributed by atoms with Crippen molar-refractivity contribution in [3.8, 4) is 11.3 Å². The van der Waals surface area contributed by atoms with E-state index in [9.17, 15) is 0 Å². The normalized spacial score (nSPS) is 10.8. The smallest absolute Gasteiger partial charge is 0.142 e. The number of benzene rings is 2. The topological polar surface area (TPSA) is 51.8 Å². The van der Waals surface area contributed by atoms with E-state index in [1.807, 2.05) is 6.07 Å². The zero-order valence-electron chi connectivity index (χ0n) is 10.8. The summed E-state index contributed by atoms with van der Waals surface area (Å²) >= 11 is 0. The molecule has 3 aromatic rings. The lowest BCUT2D eigenvalue weighted by atomic mass is 10.0. The molecule has 19 heavy (non-hydrogen) atoms. The van der Waals surface area contributed by atoms with Crippen LogP contribution in [0.2, 0.25) is 0 Å². The first-order valence-electron chi connectivity index (χ1n) is 6.29. The Balaban J connectivity index is 2.12. The van der Waals surface area contributed by atoms with Crippen molar-refractivity contribution >= 4 is 10.8 Å². The van der Waals surface area contributed by atoms with E-state index >= 15 is 0 Å². The molecule has 0 aliphatic heterocycles. The highest BCUT2D eigenvalue weighted by Crippen LogP contribution is 2.23. The minimum Gasteiger partial charge on any atom is -0.324 e. The second-order valence-electron chi connectivity index (χ2n) is 4.63. The molecule has 0 saturated carbocycles. The van der Waals surface area contributed by atoms with Gasteiger partial charge >= 0.3 is 0 Å². The summed E-state index contributed by atoms with van der Waals surface area (Å²) in [5.74, 6) is 0.668. The maximum atomic E-state index is 5.58. The first-order chi connectivity index (χ1) is 9.26. The number of hydrogen-bond acceptors (Lipinski definition) is 3. The monoisotopic (exact) mass is 249 g/mol. The van der Waals surface area contributed by atoms with Crippen LogP contribution in [-0.2, 0) is 6.54 Å². The van der Waals surface area contributed by atoms with Crippen LogP contribution in [0, 0.1) is 6.92 Å². The van der Waals surface area contributed by atoms with Crippen molar-refractivity contribution in [2.75, 3.05) is 0 Å². The molecule has 0 radical (unpaired) electrons. The molecule has 0 saturated heterocycles. The van der Waals surface area contributed by atoms with Gasteiger partial charge in [-0.15, -0.1) is 0 Å². The summed E-state index contributed by atoms with van der Waals surface area (Å²) < 4.78 is 0. The van der Waals surface area contributed by atoms with Gasteiger partial charge in [0, 0.05) is 11.8 Å². The fourth-order valence-electron chi connectivity index (χ4n) is 2.18. The van der Waals surface area contributed by atoms with Crippen LogP contribution in [0.3, 0.4) is 0 Å². The van der Waals surface area contributed by atoms with Crippen LogP contribution in [0.15, 0.2) is 48.7 Å². The molecule has 3 nitrogen and oxygen atoms in total. The molecule has 2 N–H and O–H groups in total. The van der Waals surface area contributed by atoms with E-state index in [-0.39, 0.29) is 0 Å². The van der Waals surface area contributed by atoms with E-state index in [0.29, 0.717) is 12.4 Å². The fourth-order valence-corrected chi connectivity index (χ4v) is 2.18. The zero-order chi connectivity index (χ0) is 13.2. The Hall–Kier alpha value is -2.26. The number of nitrogens with two attached hydrogens (primary N) is 1. The Kier molecular flexibility index (Phi) is 2.97. The van der Waals surface area contributed by atoms with Gasteiger partial charge in [0.05, 0.1) is 12.2 Å². The molecule has 0 unspecified atom stereocenters. The van der Waals surface area contributed by atoms with Crippen LogP contribution in [0.25, 0.3) is 22.0 Å². The van der Waals surface area contributed by atoms with E-state index in [1.165, 1.54) is 16.3 Å². The third kappa shape index (κ3) is 2.33. The molecular formula is C16H15N3. The Labute approximate surface area is 112 Å². The van der Waals surface area contributed by atoms with Crippen LogP contribution in [0.1, 0.15) is 11.4 Å². The number of aromatic nitrogens is 2. The zero-order valence-corrected chi connectivity index (χ0v) is 10.8. The Morgan fingerprint density at radius 3 is 2.63 bits per heavy atom. The highest BCUT2D eigenvalue weighted by Gasteiger charge is 2.03. The summed E-state index contributed by atoms with van der Waals surface area (Å²) in [6.45, 7) is 2.46. The summed E-state index contributed by atoms with van der Waals surface area (Å²) in [4.78, 5) is 8.57. The van der Waals surface area contributed by atoms with E-state index in [2.05, 4.69) is 53.3 Å². The lowest BCUT2D eigenvalue weighted by molar-refractivity contribution is 0.912. The number of aryl methyl sites for hydroxylation is 1. The van der Waals surface area contributed by atoms with Gasteiger partial charge in [0.15, 0.2) is 0 Å². The van der Waals surface area contributed by atoms with E-state index in [1.54, 1.807) is 6.20 Å². The van der Waals surface area contributed by atoms with Crippen molar-refractivity contribution in [2.45, 2.75) is 13.5 Å². The van der Waals surface area contributed by atoms with Gasteiger partial charge < -0.3 is 5.73 Å². The second kappa shape index (κ2) is 4.78. The van der Waals surface area contributed by atoms with Crippen LogP contribution in [0.4, 0.5) is 0 Å². The van der Waals surface area contributed by atoms with Crippen molar-refractivity contribution < 1.29 is 0 Å². The molecule has 0 amide bonds. The van der Waals surface area contributed by atoms with Crippen LogP contribution < -0.4 is 5.73 Å². The molecule has 0 fully saturated rings. The molecular weight excluding hydrogens is 234 g/mol. The largest absolute Gasteiger partial charge is 0.324 e. The van der Waals surface area contributed by atoms with Gasteiger partial charge in [0.2, 0.25) is 0 Å². The SMILES string of the molecule is Cc1ccc2cc(-c3ccnc(CN)n3)ccc2c1. The average molecular weight is 249 g/mol. The molecule has 1 heterocycles. The van der Waals surface area contributed by atoms with E-state index in [0.717, 1.165) is 11.3 Å². The van der Waals surface area contributed by atoms with Crippen molar-refractivity contribution in [3.63, 3.8) is 0 Å². The molecule has 0 atom stereocenters. The van der Waals surface area contributed by atoms with Gasteiger partial charge in [-0.2, -0.15) is 0 Å². The minimum absolute atomic E-state index is 0.362. The third-order valence-electron chi connectivity index (χ3n) is 3.18. The predicted molar refractivity (Wildman–Crippen MR) is 77.6 cm³/mol. The average Bonchev–Trinajstić information content (AvgIpc) is 2.46. The van der Waals surface area contributed by atoms with Crippen molar-refractivity contribution in [1.82, 2.24) is 9.97 Å². The van der Waals surface area contributed by atoms with Gasteiger partial charge in [-0.3, -0.25) is 0 Å². The van der Waals surface area contributed by atoms with E-state index < -0.39 is 0 Å². The van der Waals surface area contributed by atoms with E-state index in [4.69, 9.17) is 5.73 Å². The number of nitrogens with zero attached hydrogens (tertiary/aromatic N) is 2. The second-order valence-corrected chi connectivity index (χ2v) is 4.63. The minimum atomic E-state index is 0.362. The van der Waals surface area contributed by atoms with Gasteiger partial charge in [0.1, 0.15) is 5.82 Å². The van der Waals surface area contributed by atoms with Crippen molar-refractivity contribution in [1.29, 1.82) is 0 Å². The summed E-state index contributed by atoms with van der Waals surface area (Å²) in [7, 11) is 0. The Morgan fingerprint density at radius 1 is 1.00 bits per heavy atom. The maximum Gasteiger partial charge on any atom is 0.142 e. The summed E-state index contributed by atoms with van der Waals surface area (Å²) in [6, 6.07) is 14.7. The molecule has 94 valence electrons. The summed E-state index contributed by atoms with van der Waals surface area (Å²) in [6.07, 6.45) is 1.75. The lowest BCUT2D eigenvalue weighted by Crippen LogP contribution is -2.02. The van der Waals surface area contributed by atoms with Gasteiger partial charge in [-0.1, -0.05) is 35.9 Å². The van der Waals surface area contributed by atoms with Crippen LogP contribution >= 0.6 is 0 Å².